The van der Waals surface area contributed by atoms with E-state index in [9.17, 15) is 18.8 Å². The predicted molar refractivity (Wildman–Crippen MR) is 125 cm³/mol. The van der Waals surface area contributed by atoms with Crippen LogP contribution in [0.25, 0.3) is 0 Å². The largest absolute Gasteiger partial charge is 0.282 e. The number of carbonyl (C=O) groups is 3. The number of hydrogen-bond donors (Lipinski definition) is 1. The number of rotatable bonds is 5. The number of aromatic nitrogens is 2. The van der Waals surface area contributed by atoms with Crippen molar-refractivity contribution in [2.45, 2.75) is 106 Å². The van der Waals surface area contributed by atoms with Crippen LogP contribution in [0.15, 0.2) is 0 Å². The number of hydrogen-bond acceptors (Lipinski definition) is 4. The van der Waals surface area contributed by atoms with E-state index in [1.807, 2.05) is 27.7 Å². The van der Waals surface area contributed by atoms with E-state index in [0.29, 0.717) is 11.6 Å². The normalized spacial score (nSPS) is 17.0. The van der Waals surface area contributed by atoms with Crippen LogP contribution in [0.1, 0.15) is 109 Å². The Morgan fingerprint density at radius 2 is 1.65 bits per heavy atom. The van der Waals surface area contributed by atoms with E-state index in [2.05, 4.69) is 28.7 Å². The summed E-state index contributed by atoms with van der Waals surface area (Å²) in [5, 5.41) is 5.56. The first-order chi connectivity index (χ1) is 14.7. The number of nitrogens with zero attached hydrogens (tertiary/aromatic N) is 2. The van der Waals surface area contributed by atoms with E-state index in [4.69, 9.17) is 0 Å². The third-order valence-electron chi connectivity index (χ3n) is 4.80. The zero-order valence-corrected chi connectivity index (χ0v) is 21.2. The number of unbranched alkanes of at least 4 members (excludes halogenated alkanes) is 1. The monoisotopic (exact) mass is 461 g/mol. The standard InChI is InChI=1S/C17H26FN3O2.C2H3ClO.2C2H6/c1-4-5-8-13-9-6-7-10-14(13)21(12(3)22)17(23)15-11(2)19-20-16(15)18;1-2(3)4;2*1-2/h13-14H,4-10H2,1-3H3,(H,19,20);1H3;2*1-2H3. The van der Waals surface area contributed by atoms with E-state index in [1.165, 1.54) is 18.7 Å². The molecule has 1 saturated carbocycles. The summed E-state index contributed by atoms with van der Waals surface area (Å²) >= 11 is 4.64. The van der Waals surface area contributed by atoms with Gasteiger partial charge in [-0.05, 0) is 43.7 Å². The first-order valence-electron chi connectivity index (χ1n) is 11.4. The molecule has 1 aromatic heterocycles. The molecule has 1 fully saturated rings. The van der Waals surface area contributed by atoms with E-state index in [-0.39, 0.29) is 22.8 Å². The number of nitrogens with one attached hydrogen (secondary N) is 1. The van der Waals surface area contributed by atoms with Gasteiger partial charge in [0, 0.05) is 25.6 Å². The summed E-state index contributed by atoms with van der Waals surface area (Å²) in [5.41, 5.74) is 0.250. The van der Waals surface area contributed by atoms with Crippen molar-refractivity contribution in [2.75, 3.05) is 0 Å². The molecule has 1 aliphatic rings. The second-order valence-electron chi connectivity index (χ2n) is 6.93. The summed E-state index contributed by atoms with van der Waals surface area (Å²) in [5.74, 6) is -1.40. The molecular formula is C23H41ClFN3O3. The summed E-state index contributed by atoms with van der Waals surface area (Å²) in [4.78, 5) is 35.5. The minimum atomic E-state index is -0.834. The van der Waals surface area contributed by atoms with Crippen LogP contribution in [0.3, 0.4) is 0 Å². The lowest BCUT2D eigenvalue weighted by atomic mass is 9.80. The quantitative estimate of drug-likeness (QED) is 0.513. The highest BCUT2D eigenvalue weighted by atomic mass is 35.5. The Morgan fingerprint density at radius 3 is 2.06 bits per heavy atom. The van der Waals surface area contributed by atoms with Gasteiger partial charge in [0.25, 0.3) is 5.91 Å². The minimum absolute atomic E-state index is 0.111. The molecule has 0 spiro atoms. The van der Waals surface area contributed by atoms with Gasteiger partial charge >= 0.3 is 0 Å². The van der Waals surface area contributed by atoms with Crippen molar-refractivity contribution in [3.05, 3.63) is 17.2 Å². The van der Waals surface area contributed by atoms with Crippen molar-refractivity contribution in [1.29, 1.82) is 0 Å². The molecule has 6 nitrogen and oxygen atoms in total. The molecule has 0 bridgehead atoms. The van der Waals surface area contributed by atoms with Crippen LogP contribution < -0.4 is 0 Å². The molecule has 1 heterocycles. The zero-order chi connectivity index (χ0) is 24.6. The highest BCUT2D eigenvalue weighted by Crippen LogP contribution is 2.33. The van der Waals surface area contributed by atoms with Gasteiger partial charge in [-0.2, -0.15) is 4.39 Å². The maximum absolute atomic E-state index is 13.9. The molecule has 2 atom stereocenters. The smallest absolute Gasteiger partial charge is 0.267 e. The highest BCUT2D eigenvalue weighted by molar-refractivity contribution is 6.62. The molecule has 0 aliphatic heterocycles. The molecule has 0 saturated heterocycles. The third-order valence-corrected chi connectivity index (χ3v) is 4.80. The molecule has 0 radical (unpaired) electrons. The molecule has 0 aromatic carbocycles. The molecular weight excluding hydrogens is 421 g/mol. The molecule has 2 unspecified atom stereocenters. The zero-order valence-electron chi connectivity index (χ0n) is 20.5. The van der Waals surface area contributed by atoms with Crippen molar-refractivity contribution < 1.29 is 18.8 Å². The average molecular weight is 462 g/mol. The van der Waals surface area contributed by atoms with Gasteiger partial charge < -0.3 is 0 Å². The Morgan fingerprint density at radius 1 is 1.13 bits per heavy atom. The van der Waals surface area contributed by atoms with Gasteiger partial charge in [-0.25, -0.2) is 0 Å². The Labute approximate surface area is 192 Å². The van der Waals surface area contributed by atoms with Crippen LogP contribution >= 0.6 is 11.6 Å². The first kappa shape index (κ1) is 31.4. The van der Waals surface area contributed by atoms with Gasteiger partial charge in [-0.3, -0.25) is 24.4 Å². The SMILES string of the molecule is CC.CC.CC(=O)Cl.CCCCC1CCCCC1N(C(C)=O)C(=O)c1c(F)n[nH]c1C. The molecule has 1 N–H and O–H groups in total. The number of aryl methyl sites for hydroxylation is 1. The van der Waals surface area contributed by atoms with Gasteiger partial charge in [0.15, 0.2) is 0 Å². The Balaban J connectivity index is 0. The highest BCUT2D eigenvalue weighted by Gasteiger charge is 2.37. The first-order valence-corrected chi connectivity index (χ1v) is 11.8. The molecule has 1 aromatic rings. The Kier molecular flexibility index (Phi) is 18.1. The predicted octanol–water partition coefficient (Wildman–Crippen LogP) is 6.42. The molecule has 180 valence electrons. The second-order valence-corrected chi connectivity index (χ2v) is 7.47. The Bertz CT molecular complexity index is 641. The van der Waals surface area contributed by atoms with Crippen molar-refractivity contribution in [1.82, 2.24) is 15.1 Å². The van der Waals surface area contributed by atoms with Gasteiger partial charge in [0.1, 0.15) is 5.56 Å². The van der Waals surface area contributed by atoms with E-state index in [0.717, 1.165) is 44.9 Å². The topological polar surface area (TPSA) is 83.1 Å². The van der Waals surface area contributed by atoms with Gasteiger partial charge in [-0.15, -0.1) is 5.10 Å². The van der Waals surface area contributed by atoms with Crippen molar-refractivity contribution in [2.24, 2.45) is 5.92 Å². The molecule has 8 heteroatoms. The summed E-state index contributed by atoms with van der Waals surface area (Å²) in [7, 11) is 0. The van der Waals surface area contributed by atoms with Crippen molar-refractivity contribution in [3.63, 3.8) is 0 Å². The van der Waals surface area contributed by atoms with Crippen molar-refractivity contribution in [3.8, 4) is 0 Å². The number of amides is 2. The fraction of sp³-hybridized carbons (Fsp3) is 0.739. The van der Waals surface area contributed by atoms with E-state index < -0.39 is 11.9 Å². The lowest BCUT2D eigenvalue weighted by Crippen LogP contribution is -2.48. The molecule has 2 amide bonds. The van der Waals surface area contributed by atoms with Crippen molar-refractivity contribution >= 4 is 28.7 Å². The lowest BCUT2D eigenvalue weighted by molar-refractivity contribution is -0.129. The van der Waals surface area contributed by atoms with Crippen LogP contribution in [0.2, 0.25) is 0 Å². The van der Waals surface area contributed by atoms with Crippen LogP contribution in [0.4, 0.5) is 4.39 Å². The van der Waals surface area contributed by atoms with Gasteiger partial charge in [0.05, 0.1) is 0 Å². The molecule has 1 aliphatic carbocycles. The van der Waals surface area contributed by atoms with E-state index >= 15 is 0 Å². The van der Waals surface area contributed by atoms with Crippen LogP contribution in [-0.2, 0) is 9.59 Å². The number of halogens is 2. The summed E-state index contributed by atoms with van der Waals surface area (Å²) in [6.45, 7) is 14.4. The van der Waals surface area contributed by atoms with Crippen LogP contribution in [0.5, 0.6) is 0 Å². The number of aromatic amines is 1. The minimum Gasteiger partial charge on any atom is -0.282 e. The van der Waals surface area contributed by atoms with Crippen LogP contribution in [0, 0.1) is 18.8 Å². The van der Waals surface area contributed by atoms with Crippen LogP contribution in [-0.4, -0.2) is 38.2 Å². The van der Waals surface area contributed by atoms with Gasteiger partial charge in [0.2, 0.25) is 17.1 Å². The number of carbonyl (C=O) groups excluding carboxylic acids is 3. The maximum atomic E-state index is 13.9. The lowest BCUT2D eigenvalue weighted by Gasteiger charge is -2.38. The number of imide groups is 1. The molecule has 31 heavy (non-hydrogen) atoms. The van der Waals surface area contributed by atoms with Gasteiger partial charge in [-0.1, -0.05) is 60.3 Å². The number of H-pyrrole nitrogens is 1. The second kappa shape index (κ2) is 17.9. The summed E-state index contributed by atoms with van der Waals surface area (Å²) < 4.78 is 13.9. The fourth-order valence-electron chi connectivity index (χ4n) is 3.63. The molecule has 2 rings (SSSR count). The summed E-state index contributed by atoms with van der Waals surface area (Å²) in [6.07, 6.45) is 7.13. The fourth-order valence-corrected chi connectivity index (χ4v) is 3.63. The van der Waals surface area contributed by atoms with E-state index in [1.54, 1.807) is 6.92 Å². The third kappa shape index (κ3) is 10.9. The average Bonchev–Trinajstić information content (AvgIpc) is 3.07. The summed E-state index contributed by atoms with van der Waals surface area (Å²) in [6, 6.07) is -0.131. The Hall–Kier alpha value is -1.76. The maximum Gasteiger partial charge on any atom is 0.267 e.